The quantitative estimate of drug-likeness (QED) is 0.701. The topological polar surface area (TPSA) is 42.2 Å². The van der Waals surface area contributed by atoms with E-state index in [1.165, 1.54) is 57.8 Å². The second-order valence-electron chi connectivity index (χ2n) is 9.52. The van der Waals surface area contributed by atoms with Crippen LogP contribution in [0.3, 0.4) is 0 Å². The fourth-order valence-electron chi connectivity index (χ4n) is 6.47. The van der Waals surface area contributed by atoms with Crippen molar-refractivity contribution in [3.8, 4) is 0 Å². The molecule has 2 saturated heterocycles. The van der Waals surface area contributed by atoms with Gasteiger partial charge in [-0.2, -0.15) is 0 Å². The number of hydrogen-bond donors (Lipinski definition) is 1. The number of nitrogens with zero attached hydrogens (tertiary/aromatic N) is 1. The fourth-order valence-corrected chi connectivity index (χ4v) is 6.47. The van der Waals surface area contributed by atoms with Gasteiger partial charge in [0.1, 0.15) is 6.04 Å². The van der Waals surface area contributed by atoms with Crippen LogP contribution >= 0.6 is 0 Å². The van der Waals surface area contributed by atoms with Gasteiger partial charge in [0.15, 0.2) is 0 Å². The number of rotatable bonds is 7. The third-order valence-electron chi connectivity index (χ3n) is 7.89. The van der Waals surface area contributed by atoms with Gasteiger partial charge in [0.2, 0.25) is 5.91 Å². The highest BCUT2D eigenvalue weighted by atomic mass is 16.2. The second-order valence-corrected chi connectivity index (χ2v) is 9.52. The summed E-state index contributed by atoms with van der Waals surface area (Å²) in [6, 6.07) is 1.25. The number of hydrogen-bond acceptors (Lipinski definition) is 2. The van der Waals surface area contributed by atoms with Crippen molar-refractivity contribution in [2.45, 2.75) is 96.7 Å². The van der Waals surface area contributed by atoms with Gasteiger partial charge < -0.3 is 4.90 Å². The van der Waals surface area contributed by atoms with Crippen molar-refractivity contribution in [2.24, 2.45) is 29.6 Å². The maximum absolute atomic E-state index is 13.1. The molecular weight excluding hydrogens is 308 g/mol. The Balaban J connectivity index is 1.42. The molecular formula is C22H38N2O. The van der Waals surface area contributed by atoms with E-state index in [4.69, 9.17) is 0 Å². The van der Waals surface area contributed by atoms with E-state index in [-0.39, 0.29) is 6.04 Å². The van der Waals surface area contributed by atoms with Crippen LogP contribution in [0.15, 0.2) is 0 Å². The molecule has 3 nitrogen and oxygen atoms in total. The summed E-state index contributed by atoms with van der Waals surface area (Å²) in [5, 5.41) is 3.49. The highest BCUT2D eigenvalue weighted by molar-refractivity contribution is 5.86. The van der Waals surface area contributed by atoms with E-state index in [0.29, 0.717) is 18.0 Å². The largest absolute Gasteiger partial charge is 0.338 e. The monoisotopic (exact) mass is 346 g/mol. The number of likely N-dealkylation sites (tertiary alicyclic amines) is 1. The highest BCUT2D eigenvalue weighted by Crippen LogP contribution is 2.49. The predicted octanol–water partition coefficient (Wildman–Crippen LogP) is 4.22. The van der Waals surface area contributed by atoms with Crippen molar-refractivity contribution >= 4 is 5.91 Å². The normalized spacial score (nSPS) is 41.5. The van der Waals surface area contributed by atoms with Gasteiger partial charge in [-0.05, 0) is 61.7 Å². The van der Waals surface area contributed by atoms with Crippen LogP contribution in [-0.2, 0) is 4.79 Å². The van der Waals surface area contributed by atoms with Crippen LogP contribution in [0.5, 0.6) is 0 Å². The summed E-state index contributed by atoms with van der Waals surface area (Å²) >= 11 is 0. The van der Waals surface area contributed by atoms with Crippen LogP contribution in [-0.4, -0.2) is 35.5 Å². The number of amides is 1. The Morgan fingerprint density at radius 3 is 2.60 bits per heavy atom. The number of carbonyl (C=O) groups is 1. The first kappa shape index (κ1) is 17.8. The zero-order chi connectivity index (χ0) is 17.6. The highest BCUT2D eigenvalue weighted by Gasteiger charge is 2.55. The molecule has 6 unspecified atom stereocenters. The first-order valence-electron chi connectivity index (χ1n) is 11.2. The van der Waals surface area contributed by atoms with Crippen molar-refractivity contribution in [3.63, 3.8) is 0 Å². The van der Waals surface area contributed by atoms with E-state index in [1.807, 2.05) is 0 Å². The molecule has 4 fully saturated rings. The van der Waals surface area contributed by atoms with Gasteiger partial charge in [-0.25, -0.2) is 0 Å². The molecule has 0 bridgehead atoms. The molecule has 4 aliphatic rings. The SMILES string of the molecule is CCCC(C)C1CCC2C(CCN2C(=O)[C@@H]2NC2C2CC2)C1CCC. The standard InChI is InChI=1S/C22H38N2O/c1-4-6-14(3)16-10-11-19-18(17(16)7-5-2)12-13-24(19)22(25)21-20(23-21)15-8-9-15/h14-21,23H,4-13H2,1-3H3/t14?,16?,17?,18?,19?,20?,21-/m1/s1. The Morgan fingerprint density at radius 2 is 1.92 bits per heavy atom. The van der Waals surface area contributed by atoms with Crippen molar-refractivity contribution < 1.29 is 4.79 Å². The summed E-state index contributed by atoms with van der Waals surface area (Å²) in [4.78, 5) is 15.4. The van der Waals surface area contributed by atoms with E-state index < -0.39 is 0 Å². The van der Waals surface area contributed by atoms with Crippen LogP contribution in [0.4, 0.5) is 0 Å². The van der Waals surface area contributed by atoms with Crippen LogP contribution in [0.1, 0.15) is 78.6 Å². The van der Waals surface area contributed by atoms with E-state index in [0.717, 1.165) is 36.1 Å². The number of fused-ring (bicyclic) bond motifs is 1. The molecule has 0 aromatic carbocycles. The average Bonchev–Trinajstić information content (AvgIpc) is 3.49. The maximum atomic E-state index is 13.1. The summed E-state index contributed by atoms with van der Waals surface area (Å²) < 4.78 is 0. The molecule has 25 heavy (non-hydrogen) atoms. The molecule has 7 atom stereocenters. The van der Waals surface area contributed by atoms with Gasteiger partial charge in [-0.15, -0.1) is 0 Å². The molecule has 0 radical (unpaired) electrons. The Hall–Kier alpha value is -0.570. The Morgan fingerprint density at radius 1 is 1.12 bits per heavy atom. The van der Waals surface area contributed by atoms with Crippen LogP contribution in [0.25, 0.3) is 0 Å². The van der Waals surface area contributed by atoms with Gasteiger partial charge in [-0.3, -0.25) is 10.1 Å². The minimum atomic E-state index is 0.174. The first-order chi connectivity index (χ1) is 12.2. The lowest BCUT2D eigenvalue weighted by Crippen LogP contribution is -2.47. The van der Waals surface area contributed by atoms with Crippen LogP contribution in [0, 0.1) is 29.6 Å². The number of nitrogens with one attached hydrogen (secondary N) is 1. The van der Waals surface area contributed by atoms with E-state index >= 15 is 0 Å². The zero-order valence-corrected chi connectivity index (χ0v) is 16.5. The molecule has 142 valence electrons. The minimum absolute atomic E-state index is 0.174. The Labute approximate surface area is 154 Å². The molecule has 0 aromatic heterocycles. The van der Waals surface area contributed by atoms with E-state index in [1.54, 1.807) is 0 Å². The van der Waals surface area contributed by atoms with E-state index in [2.05, 4.69) is 31.0 Å². The summed E-state index contributed by atoms with van der Waals surface area (Å²) in [6.45, 7) is 8.19. The van der Waals surface area contributed by atoms with Gasteiger partial charge in [0.05, 0.1) is 0 Å². The summed E-state index contributed by atoms with van der Waals surface area (Å²) in [5.74, 6) is 4.64. The second kappa shape index (κ2) is 7.21. The van der Waals surface area contributed by atoms with Gasteiger partial charge in [0, 0.05) is 18.6 Å². The fraction of sp³-hybridized carbons (Fsp3) is 0.955. The number of carbonyl (C=O) groups excluding carboxylic acids is 1. The third kappa shape index (κ3) is 3.38. The van der Waals surface area contributed by atoms with Crippen LogP contribution < -0.4 is 5.32 Å². The van der Waals surface area contributed by atoms with Gasteiger partial charge in [-0.1, -0.05) is 46.5 Å². The molecule has 2 heterocycles. The summed E-state index contributed by atoms with van der Waals surface area (Å²) in [5.41, 5.74) is 0. The molecule has 2 aliphatic heterocycles. The molecule has 1 amide bonds. The molecule has 2 aliphatic carbocycles. The molecule has 0 aromatic rings. The molecule has 3 heteroatoms. The molecule has 0 spiro atoms. The predicted molar refractivity (Wildman–Crippen MR) is 102 cm³/mol. The average molecular weight is 347 g/mol. The first-order valence-corrected chi connectivity index (χ1v) is 11.2. The molecule has 2 saturated carbocycles. The van der Waals surface area contributed by atoms with Crippen molar-refractivity contribution in [1.29, 1.82) is 0 Å². The Kier molecular flexibility index (Phi) is 5.14. The Bertz CT molecular complexity index is 488. The molecule has 4 rings (SSSR count). The minimum Gasteiger partial charge on any atom is -0.338 e. The zero-order valence-electron chi connectivity index (χ0n) is 16.5. The lowest BCUT2D eigenvalue weighted by molar-refractivity contribution is -0.133. The molecule has 1 N–H and O–H groups in total. The lowest BCUT2D eigenvalue weighted by atomic mass is 9.63. The van der Waals surface area contributed by atoms with Crippen LogP contribution in [0.2, 0.25) is 0 Å². The lowest BCUT2D eigenvalue weighted by Gasteiger charge is -2.44. The van der Waals surface area contributed by atoms with Crippen molar-refractivity contribution in [3.05, 3.63) is 0 Å². The third-order valence-corrected chi connectivity index (χ3v) is 7.89. The van der Waals surface area contributed by atoms with Gasteiger partial charge >= 0.3 is 0 Å². The van der Waals surface area contributed by atoms with Gasteiger partial charge in [0.25, 0.3) is 0 Å². The summed E-state index contributed by atoms with van der Waals surface area (Å²) in [6.07, 6.45) is 11.9. The summed E-state index contributed by atoms with van der Waals surface area (Å²) in [7, 11) is 0. The maximum Gasteiger partial charge on any atom is 0.241 e. The van der Waals surface area contributed by atoms with Crippen molar-refractivity contribution in [2.75, 3.05) is 6.54 Å². The van der Waals surface area contributed by atoms with E-state index in [9.17, 15) is 4.79 Å². The smallest absolute Gasteiger partial charge is 0.241 e. The van der Waals surface area contributed by atoms with Crippen molar-refractivity contribution in [1.82, 2.24) is 10.2 Å².